The number of carbonyl (C=O) groups is 1. The zero-order valence-corrected chi connectivity index (χ0v) is 8.21. The molecule has 0 aliphatic carbocycles. The second kappa shape index (κ2) is 3.34. The summed E-state index contributed by atoms with van der Waals surface area (Å²) in [7, 11) is 0. The number of imidazole rings is 1. The summed E-state index contributed by atoms with van der Waals surface area (Å²) in [4.78, 5) is 30.5. The van der Waals surface area contributed by atoms with Gasteiger partial charge >= 0.3 is 0 Å². The molecule has 0 unspecified atom stereocenters. The number of carbonyl (C=O) groups excluding carboxylic acids is 1. The Morgan fingerprint density at radius 1 is 1.25 bits per heavy atom. The van der Waals surface area contributed by atoms with Gasteiger partial charge in [-0.3, -0.25) is 9.79 Å². The molecule has 78 valence electrons. The molecular weight excluding hydrogens is 206 g/mol. The number of aromatic nitrogens is 4. The van der Waals surface area contributed by atoms with Crippen LogP contribution >= 0.6 is 0 Å². The molecule has 1 aliphatic heterocycles. The molecule has 0 saturated carbocycles. The van der Waals surface area contributed by atoms with Crippen molar-refractivity contribution in [1.29, 1.82) is 0 Å². The molecule has 0 fully saturated rings. The summed E-state index contributed by atoms with van der Waals surface area (Å²) in [6, 6.07) is 0. The van der Waals surface area contributed by atoms with E-state index in [0.717, 1.165) is 0 Å². The third-order valence-electron chi connectivity index (χ3n) is 2.29. The van der Waals surface area contributed by atoms with Crippen LogP contribution in [-0.4, -0.2) is 31.9 Å². The van der Waals surface area contributed by atoms with Crippen molar-refractivity contribution in [2.45, 2.75) is 6.42 Å². The van der Waals surface area contributed by atoms with Crippen molar-refractivity contribution in [2.24, 2.45) is 4.99 Å². The van der Waals surface area contributed by atoms with Gasteiger partial charge in [0.15, 0.2) is 11.4 Å². The van der Waals surface area contributed by atoms with E-state index in [4.69, 9.17) is 0 Å². The first-order valence-corrected chi connectivity index (χ1v) is 4.76. The fraction of sp³-hybridized carbons (Fsp3) is 0.100. The lowest BCUT2D eigenvalue weighted by molar-refractivity contribution is -0.113. The number of hydrogen-bond donors (Lipinski definition) is 1. The summed E-state index contributed by atoms with van der Waals surface area (Å²) in [5.41, 5.74) is 2.42. The molecule has 3 rings (SSSR count). The van der Waals surface area contributed by atoms with Gasteiger partial charge in [0.05, 0.1) is 12.0 Å². The van der Waals surface area contributed by atoms with Crippen molar-refractivity contribution in [3.63, 3.8) is 0 Å². The SMILES string of the molecule is O=C1C=C(c2ncnc3nc[nH]c23)N=CC1. The molecule has 16 heavy (non-hydrogen) atoms. The van der Waals surface area contributed by atoms with E-state index in [0.29, 0.717) is 29.0 Å². The Balaban J connectivity index is 2.22. The average molecular weight is 213 g/mol. The van der Waals surface area contributed by atoms with E-state index in [9.17, 15) is 4.79 Å². The molecule has 0 amide bonds. The second-order valence-electron chi connectivity index (χ2n) is 3.34. The number of aliphatic imine (C=N–C) groups is 1. The Morgan fingerprint density at radius 3 is 3.06 bits per heavy atom. The van der Waals surface area contributed by atoms with Crippen LogP contribution in [0.5, 0.6) is 0 Å². The lowest BCUT2D eigenvalue weighted by Crippen LogP contribution is -2.02. The Hall–Kier alpha value is -2.37. The van der Waals surface area contributed by atoms with Gasteiger partial charge in [0.1, 0.15) is 17.5 Å². The summed E-state index contributed by atoms with van der Waals surface area (Å²) in [5.74, 6) is 0.0243. The standard InChI is InChI=1S/C10H7N5O/c16-6-1-2-11-7(3-6)8-9-10(14-4-12-8)15-5-13-9/h2-5H,1H2,(H,12,13,14,15). The lowest BCUT2D eigenvalue weighted by Gasteiger charge is -2.04. The number of nitrogens with zero attached hydrogens (tertiary/aromatic N) is 4. The first kappa shape index (κ1) is 8.90. The van der Waals surface area contributed by atoms with Gasteiger partial charge in [-0.1, -0.05) is 0 Å². The van der Waals surface area contributed by atoms with Gasteiger partial charge < -0.3 is 4.98 Å². The van der Waals surface area contributed by atoms with Crippen molar-refractivity contribution in [1.82, 2.24) is 19.9 Å². The van der Waals surface area contributed by atoms with E-state index in [2.05, 4.69) is 24.9 Å². The van der Waals surface area contributed by atoms with Gasteiger partial charge in [-0.25, -0.2) is 15.0 Å². The Bertz CT molecular complexity index is 625. The number of fused-ring (bicyclic) bond motifs is 1. The fourth-order valence-electron chi connectivity index (χ4n) is 1.57. The van der Waals surface area contributed by atoms with Crippen LogP contribution in [0.25, 0.3) is 16.9 Å². The van der Waals surface area contributed by atoms with Crippen LogP contribution in [0, 0.1) is 0 Å². The highest BCUT2D eigenvalue weighted by Gasteiger charge is 2.13. The second-order valence-corrected chi connectivity index (χ2v) is 3.34. The summed E-state index contributed by atoms with van der Waals surface area (Å²) in [5, 5.41) is 0. The highest BCUT2D eigenvalue weighted by atomic mass is 16.1. The monoisotopic (exact) mass is 213 g/mol. The summed E-state index contributed by atoms with van der Waals surface area (Å²) < 4.78 is 0. The van der Waals surface area contributed by atoms with Gasteiger partial charge in [0, 0.05) is 18.7 Å². The molecule has 0 atom stereocenters. The van der Waals surface area contributed by atoms with Crippen LogP contribution in [0.1, 0.15) is 12.1 Å². The maximum atomic E-state index is 11.3. The zero-order chi connectivity index (χ0) is 11.0. The van der Waals surface area contributed by atoms with E-state index in [1.165, 1.54) is 18.7 Å². The molecule has 1 aliphatic rings. The maximum Gasteiger partial charge on any atom is 0.181 e. The summed E-state index contributed by atoms with van der Waals surface area (Å²) >= 11 is 0. The van der Waals surface area contributed by atoms with E-state index in [1.807, 2.05) is 0 Å². The number of rotatable bonds is 1. The third kappa shape index (κ3) is 1.31. The van der Waals surface area contributed by atoms with Crippen LogP contribution in [-0.2, 0) is 4.79 Å². The number of aromatic amines is 1. The van der Waals surface area contributed by atoms with Crippen LogP contribution in [0.3, 0.4) is 0 Å². The number of nitrogens with one attached hydrogen (secondary N) is 1. The van der Waals surface area contributed by atoms with Gasteiger partial charge in [0.2, 0.25) is 0 Å². The molecule has 0 radical (unpaired) electrons. The minimum absolute atomic E-state index is 0.0243. The van der Waals surface area contributed by atoms with E-state index >= 15 is 0 Å². The number of allylic oxidation sites excluding steroid dienone is 1. The summed E-state index contributed by atoms with van der Waals surface area (Å²) in [6.07, 6.45) is 6.37. The fourth-order valence-corrected chi connectivity index (χ4v) is 1.57. The highest BCUT2D eigenvalue weighted by molar-refractivity contribution is 6.08. The van der Waals surface area contributed by atoms with Gasteiger partial charge in [-0.2, -0.15) is 0 Å². The predicted molar refractivity (Wildman–Crippen MR) is 57.8 cm³/mol. The smallest absolute Gasteiger partial charge is 0.181 e. The zero-order valence-electron chi connectivity index (χ0n) is 8.21. The topological polar surface area (TPSA) is 83.9 Å². The van der Waals surface area contributed by atoms with Crippen molar-refractivity contribution in [2.75, 3.05) is 0 Å². The van der Waals surface area contributed by atoms with Crippen LogP contribution in [0.15, 0.2) is 23.7 Å². The van der Waals surface area contributed by atoms with Gasteiger partial charge in [0.25, 0.3) is 0 Å². The van der Waals surface area contributed by atoms with E-state index in [-0.39, 0.29) is 5.78 Å². The van der Waals surface area contributed by atoms with E-state index < -0.39 is 0 Å². The molecule has 3 heterocycles. The van der Waals surface area contributed by atoms with Crippen molar-refractivity contribution in [3.05, 3.63) is 24.4 Å². The van der Waals surface area contributed by atoms with Crippen molar-refractivity contribution < 1.29 is 4.79 Å². The van der Waals surface area contributed by atoms with Gasteiger partial charge in [-0.05, 0) is 0 Å². The van der Waals surface area contributed by atoms with Crippen LogP contribution in [0.4, 0.5) is 0 Å². The normalized spacial score (nSPS) is 15.5. The number of hydrogen-bond acceptors (Lipinski definition) is 5. The minimum Gasteiger partial charge on any atom is -0.341 e. The highest BCUT2D eigenvalue weighted by Crippen LogP contribution is 2.21. The molecule has 2 aromatic heterocycles. The van der Waals surface area contributed by atoms with Gasteiger partial charge in [-0.15, -0.1) is 0 Å². The molecule has 0 saturated heterocycles. The lowest BCUT2D eigenvalue weighted by atomic mass is 10.1. The number of ketones is 1. The molecule has 0 spiro atoms. The Morgan fingerprint density at radius 2 is 2.19 bits per heavy atom. The summed E-state index contributed by atoms with van der Waals surface area (Å²) in [6.45, 7) is 0. The number of H-pyrrole nitrogens is 1. The largest absolute Gasteiger partial charge is 0.341 e. The first-order chi connectivity index (χ1) is 7.84. The van der Waals surface area contributed by atoms with E-state index in [1.54, 1.807) is 6.21 Å². The molecule has 0 bridgehead atoms. The molecular formula is C10H7N5O. The average Bonchev–Trinajstić information content (AvgIpc) is 2.76. The molecule has 6 heteroatoms. The van der Waals surface area contributed by atoms with Crippen molar-refractivity contribution >= 4 is 28.9 Å². The maximum absolute atomic E-state index is 11.3. The Kier molecular flexibility index (Phi) is 1.86. The minimum atomic E-state index is 0.0243. The molecule has 1 N–H and O–H groups in total. The van der Waals surface area contributed by atoms with Crippen LogP contribution in [0.2, 0.25) is 0 Å². The first-order valence-electron chi connectivity index (χ1n) is 4.76. The quantitative estimate of drug-likeness (QED) is 0.757. The Labute approximate surface area is 90.2 Å². The third-order valence-corrected chi connectivity index (χ3v) is 2.29. The van der Waals surface area contributed by atoms with Crippen LogP contribution < -0.4 is 0 Å². The molecule has 6 nitrogen and oxygen atoms in total. The molecule has 2 aromatic rings. The molecule has 0 aromatic carbocycles. The predicted octanol–water partition coefficient (Wildman–Crippen LogP) is 0.737. The van der Waals surface area contributed by atoms with Crippen molar-refractivity contribution in [3.8, 4) is 0 Å².